The molecule has 0 aliphatic carbocycles. The molecule has 0 aliphatic heterocycles. The van der Waals surface area contributed by atoms with Crippen molar-refractivity contribution in [3.8, 4) is 0 Å². The molecule has 0 saturated heterocycles. The van der Waals surface area contributed by atoms with Crippen LogP contribution in [0.3, 0.4) is 0 Å². The molecule has 2 unspecified atom stereocenters. The van der Waals surface area contributed by atoms with Gasteiger partial charge in [0.05, 0.1) is 6.61 Å². The molecule has 0 amide bonds. The zero-order chi connectivity index (χ0) is 11.8. The van der Waals surface area contributed by atoms with Crippen LogP contribution in [0.2, 0.25) is 0 Å². The monoisotopic (exact) mass is 233 g/mol. The van der Waals surface area contributed by atoms with E-state index in [1.807, 2.05) is 0 Å². The molecule has 0 aliphatic rings. The molecule has 0 aromatic carbocycles. The molecule has 0 N–H and O–H groups in total. The van der Waals surface area contributed by atoms with Crippen molar-refractivity contribution >= 4 is 17.0 Å². The first kappa shape index (κ1) is 14.3. The first-order valence-corrected chi connectivity index (χ1v) is 5.99. The van der Waals surface area contributed by atoms with Crippen LogP contribution in [0.1, 0.15) is 33.1 Å². The van der Waals surface area contributed by atoms with Crippen molar-refractivity contribution in [2.24, 2.45) is 0 Å². The lowest BCUT2D eigenvalue weighted by Gasteiger charge is -2.13. The van der Waals surface area contributed by atoms with Crippen molar-refractivity contribution in [1.29, 1.82) is 0 Å². The number of hydrogen-bond donors (Lipinski definition) is 0. The topological polar surface area (TPSA) is 66.4 Å². The Kier molecular flexibility index (Phi) is 7.25. The van der Waals surface area contributed by atoms with Gasteiger partial charge in [0.2, 0.25) is 0 Å². The maximum Gasteiger partial charge on any atom is 0.333 e. The second-order valence-corrected chi connectivity index (χ2v) is 4.81. The first-order chi connectivity index (χ1) is 6.95. The van der Waals surface area contributed by atoms with Gasteiger partial charge < -0.3 is 9.29 Å². The molecule has 0 spiro atoms. The molecule has 4 nitrogen and oxygen atoms in total. The van der Waals surface area contributed by atoms with Gasteiger partial charge in [0, 0.05) is 10.8 Å². The van der Waals surface area contributed by atoms with Gasteiger partial charge >= 0.3 is 5.97 Å². The lowest BCUT2D eigenvalue weighted by atomic mass is 10.2. The number of unbranched alkanes of at least 4 members (excludes halogenated alkanes) is 1. The Hall–Kier alpha value is -0.680. The second-order valence-electron chi connectivity index (χ2n) is 3.48. The van der Waals surface area contributed by atoms with Gasteiger partial charge in [0.1, 0.15) is 0 Å². The Morgan fingerprint density at radius 3 is 2.60 bits per heavy atom. The average molecular weight is 233 g/mol. The van der Waals surface area contributed by atoms with E-state index >= 15 is 0 Å². The fraction of sp³-hybridized carbons (Fsp3) is 0.700. The highest BCUT2D eigenvalue weighted by Crippen LogP contribution is 2.05. The largest absolute Gasteiger partial charge is 0.772 e. The summed E-state index contributed by atoms with van der Waals surface area (Å²) in [6.07, 6.45) is 2.01. The van der Waals surface area contributed by atoms with Crippen LogP contribution in [0.15, 0.2) is 12.2 Å². The molecule has 0 rings (SSSR count). The maximum absolute atomic E-state index is 10.9. The molecular weight excluding hydrogens is 216 g/mol. The van der Waals surface area contributed by atoms with Gasteiger partial charge in [-0.3, -0.25) is 4.21 Å². The van der Waals surface area contributed by atoms with Gasteiger partial charge in [-0.2, -0.15) is 0 Å². The van der Waals surface area contributed by atoms with Crippen LogP contribution in [0.25, 0.3) is 0 Å². The molecule has 15 heavy (non-hydrogen) atoms. The summed E-state index contributed by atoms with van der Waals surface area (Å²) >= 11 is -2.00. The van der Waals surface area contributed by atoms with E-state index in [1.54, 1.807) is 13.8 Å². The lowest BCUT2D eigenvalue weighted by Crippen LogP contribution is -2.11. The summed E-state index contributed by atoms with van der Waals surface area (Å²) in [6, 6.07) is 0. The van der Waals surface area contributed by atoms with Crippen molar-refractivity contribution in [3.05, 3.63) is 12.2 Å². The molecule has 2 atom stereocenters. The summed E-state index contributed by atoms with van der Waals surface area (Å²) in [5.74, 6) is -0.393. The van der Waals surface area contributed by atoms with Crippen molar-refractivity contribution in [1.82, 2.24) is 0 Å². The van der Waals surface area contributed by atoms with Gasteiger partial charge in [-0.15, -0.1) is 0 Å². The Morgan fingerprint density at radius 1 is 1.53 bits per heavy atom. The number of ether oxygens (including phenoxy) is 1. The third kappa shape index (κ3) is 7.27. The van der Waals surface area contributed by atoms with E-state index in [1.165, 1.54) is 0 Å². The van der Waals surface area contributed by atoms with Gasteiger partial charge in [-0.1, -0.05) is 24.6 Å². The second kappa shape index (κ2) is 7.59. The summed E-state index contributed by atoms with van der Waals surface area (Å²) in [5.41, 5.74) is 0.379. The van der Waals surface area contributed by atoms with Crippen LogP contribution in [-0.4, -0.2) is 26.6 Å². The summed E-state index contributed by atoms with van der Waals surface area (Å²) < 4.78 is 25.8. The third-order valence-corrected chi connectivity index (χ3v) is 2.81. The average Bonchev–Trinajstić information content (AvgIpc) is 2.16. The molecular formula is C10H17O4S-. The van der Waals surface area contributed by atoms with Gasteiger partial charge in [0.15, 0.2) is 0 Å². The zero-order valence-corrected chi connectivity index (χ0v) is 9.97. The molecule has 5 heteroatoms. The number of esters is 1. The minimum atomic E-state index is -2.00. The number of carbonyl (C=O) groups excluding carboxylic acids is 1. The van der Waals surface area contributed by atoms with E-state index in [0.29, 0.717) is 25.0 Å². The molecule has 0 heterocycles. The van der Waals surface area contributed by atoms with Crippen molar-refractivity contribution in [2.45, 2.75) is 38.4 Å². The Morgan fingerprint density at radius 2 is 2.13 bits per heavy atom. The van der Waals surface area contributed by atoms with E-state index in [0.717, 1.165) is 6.42 Å². The smallest absolute Gasteiger partial charge is 0.333 e. The minimum Gasteiger partial charge on any atom is -0.772 e. The Bertz CT molecular complexity index is 250. The van der Waals surface area contributed by atoms with Crippen LogP contribution < -0.4 is 0 Å². The van der Waals surface area contributed by atoms with Gasteiger partial charge in [0.25, 0.3) is 0 Å². The maximum atomic E-state index is 10.9. The zero-order valence-electron chi connectivity index (χ0n) is 9.15. The number of carbonyl (C=O) groups is 1. The van der Waals surface area contributed by atoms with E-state index < -0.39 is 17.0 Å². The quantitative estimate of drug-likeness (QED) is 0.289. The highest BCUT2D eigenvalue weighted by molar-refractivity contribution is 7.79. The third-order valence-electron chi connectivity index (χ3n) is 1.92. The highest BCUT2D eigenvalue weighted by atomic mass is 32.2. The fourth-order valence-corrected chi connectivity index (χ4v) is 1.28. The van der Waals surface area contributed by atoms with Crippen LogP contribution in [-0.2, 0) is 20.6 Å². The van der Waals surface area contributed by atoms with Crippen LogP contribution in [0.5, 0.6) is 0 Å². The molecule has 0 aromatic heterocycles. The van der Waals surface area contributed by atoms with E-state index in [-0.39, 0.29) is 5.25 Å². The predicted octanol–water partition coefficient (Wildman–Crippen LogP) is 1.54. The molecule has 0 fully saturated rings. The van der Waals surface area contributed by atoms with Crippen molar-refractivity contribution in [3.63, 3.8) is 0 Å². The molecule has 0 radical (unpaired) electrons. The Balaban J connectivity index is 3.44. The minimum absolute atomic E-state index is 0.323. The van der Waals surface area contributed by atoms with E-state index in [9.17, 15) is 13.6 Å². The summed E-state index contributed by atoms with van der Waals surface area (Å²) in [5, 5.41) is -0.332. The highest BCUT2D eigenvalue weighted by Gasteiger charge is 2.04. The van der Waals surface area contributed by atoms with Gasteiger partial charge in [-0.05, 0) is 26.2 Å². The van der Waals surface area contributed by atoms with E-state index in [2.05, 4.69) is 6.58 Å². The van der Waals surface area contributed by atoms with Crippen molar-refractivity contribution < 1.29 is 18.3 Å². The number of rotatable bonds is 7. The summed E-state index contributed by atoms with van der Waals surface area (Å²) in [4.78, 5) is 10.9. The molecule has 0 aromatic rings. The predicted molar refractivity (Wildman–Crippen MR) is 58.0 cm³/mol. The van der Waals surface area contributed by atoms with E-state index in [4.69, 9.17) is 4.74 Å². The standard InChI is InChI=1S/C10H18O4S/c1-8(2)10(11)14-7-5-4-6-9(3)15(12)13/h9H,1,4-7H2,2-3H3,(H,12,13)/p-1. The van der Waals surface area contributed by atoms with Crippen LogP contribution in [0, 0.1) is 0 Å². The number of hydrogen-bond acceptors (Lipinski definition) is 4. The normalized spacial score (nSPS) is 14.3. The first-order valence-electron chi connectivity index (χ1n) is 4.86. The molecule has 0 saturated carbocycles. The SMILES string of the molecule is C=C(C)C(=O)OCCCCC(C)S(=O)[O-]. The molecule has 0 bridgehead atoms. The lowest BCUT2D eigenvalue weighted by molar-refractivity contribution is -0.139. The van der Waals surface area contributed by atoms with Crippen LogP contribution in [0.4, 0.5) is 0 Å². The van der Waals surface area contributed by atoms with Crippen LogP contribution >= 0.6 is 0 Å². The summed E-state index contributed by atoms with van der Waals surface area (Å²) in [6.45, 7) is 7.02. The van der Waals surface area contributed by atoms with Crippen molar-refractivity contribution in [2.75, 3.05) is 6.61 Å². The fourth-order valence-electron chi connectivity index (χ4n) is 0.918. The molecule has 88 valence electrons. The summed E-state index contributed by atoms with van der Waals surface area (Å²) in [7, 11) is 0. The Labute approximate surface area is 93.0 Å². The van der Waals surface area contributed by atoms with Gasteiger partial charge in [-0.25, -0.2) is 4.79 Å².